The quantitative estimate of drug-likeness (QED) is 0.132. The fourth-order valence-corrected chi connectivity index (χ4v) is 10.4. The summed E-state index contributed by atoms with van der Waals surface area (Å²) in [5, 5.41) is 5.22. The van der Waals surface area contributed by atoms with E-state index in [-0.39, 0.29) is 10.8 Å². The summed E-state index contributed by atoms with van der Waals surface area (Å²) in [5.74, 6) is 0. The van der Waals surface area contributed by atoms with Crippen molar-refractivity contribution < 1.29 is 5.76 Å². The fourth-order valence-electron chi connectivity index (χ4n) is 10.1. The van der Waals surface area contributed by atoms with Crippen molar-refractivity contribution in [3.63, 3.8) is 0 Å². The molecule has 0 amide bonds. The molecule has 8 aromatic carbocycles. The molecule has 303 valence electrons. The van der Waals surface area contributed by atoms with E-state index in [0.717, 1.165) is 4.47 Å². The molecule has 3 nitrogen and oxygen atoms in total. The summed E-state index contributed by atoms with van der Waals surface area (Å²) in [6.07, 6.45) is 0. The second kappa shape index (κ2) is 16.4. The van der Waals surface area contributed by atoms with Crippen molar-refractivity contribution in [1.29, 1.82) is 0 Å². The van der Waals surface area contributed by atoms with Crippen molar-refractivity contribution in [2.45, 2.75) is 38.5 Å². The van der Waals surface area contributed by atoms with Crippen LogP contribution in [0.4, 0.5) is 4.39 Å². The number of rotatable bonds is 2. The zero-order chi connectivity index (χ0) is 44.0. The van der Waals surface area contributed by atoms with Gasteiger partial charge in [-0.05, 0) is 117 Å². The number of halogens is 2. The van der Waals surface area contributed by atoms with Gasteiger partial charge in [-0.3, -0.25) is 4.39 Å². The summed E-state index contributed by atoms with van der Waals surface area (Å²) < 4.78 is 24.1. The number of aromatic nitrogens is 2. The van der Waals surface area contributed by atoms with E-state index in [1.807, 2.05) is 0 Å². The van der Waals surface area contributed by atoms with Gasteiger partial charge in [-0.15, -0.1) is 0 Å². The Kier molecular flexibility index (Phi) is 10.6. The Morgan fingerprint density at radius 3 is 1.37 bits per heavy atom. The van der Waals surface area contributed by atoms with Crippen LogP contribution >= 0.6 is 28.7 Å². The standard InChI is InChI=1S/C27H20BrN.C27H21N.CH3F.BHNS/c1-27(2)23-11-7-6-10-19(23)20-15-22-21-14-17(28)12-13-25(21)29(26(22)16-24(20)27)18-8-4-3-5-9-18;1-27(2)23-14-8-6-12-19(23)21-16-22-20-13-7-9-15-25(20)28(26(22)17-24(21)27)18-10-4-3-5-11-18;1-2;1-2-3/h3-16H,1-2H3;3-17H,1-2H3;1H3;3H/i;;1D;. The maximum atomic E-state index is 9.96. The number of benzene rings is 8. The molecular formula is C55H45BBrFN3S. The van der Waals surface area contributed by atoms with E-state index in [2.05, 4.69) is 253 Å². The maximum absolute atomic E-state index is 9.96. The summed E-state index contributed by atoms with van der Waals surface area (Å²) in [6.45, 7) is 9.38. The van der Waals surface area contributed by atoms with Crippen LogP contribution in [0.1, 0.15) is 51.3 Å². The Balaban J connectivity index is 0.000000143. The van der Waals surface area contributed by atoms with E-state index in [1.54, 1.807) is 0 Å². The molecule has 10 aromatic rings. The molecule has 2 aliphatic rings. The number of thiol groups is 1. The van der Waals surface area contributed by atoms with Crippen LogP contribution in [0.5, 0.6) is 0 Å². The summed E-state index contributed by atoms with van der Waals surface area (Å²) in [7, 11) is 3.34. The molecule has 0 saturated heterocycles. The molecule has 0 unspecified atom stereocenters. The van der Waals surface area contributed by atoms with Crippen LogP contribution in [0.3, 0.4) is 0 Å². The van der Waals surface area contributed by atoms with Gasteiger partial charge in [0.1, 0.15) is 0 Å². The normalized spacial score (nSPS) is 13.7. The predicted molar refractivity (Wildman–Crippen MR) is 269 cm³/mol. The van der Waals surface area contributed by atoms with Crippen molar-refractivity contribution in [2.75, 3.05) is 7.15 Å². The van der Waals surface area contributed by atoms with Gasteiger partial charge in [-0.2, -0.15) is 0 Å². The van der Waals surface area contributed by atoms with E-state index in [1.165, 1.54) is 99.5 Å². The van der Waals surface area contributed by atoms with Crippen LogP contribution in [0.2, 0.25) is 0 Å². The number of nitrogens with zero attached hydrogens (tertiary/aromatic N) is 3. The van der Waals surface area contributed by atoms with Crippen LogP contribution in [-0.2, 0) is 10.8 Å². The number of hydrogen-bond acceptors (Lipinski definition) is 2. The third-order valence-corrected chi connectivity index (χ3v) is 13.3. The molecule has 0 spiro atoms. The summed E-state index contributed by atoms with van der Waals surface area (Å²) >= 11 is 6.87. The molecule has 0 saturated carbocycles. The van der Waals surface area contributed by atoms with Gasteiger partial charge in [0.05, 0.1) is 30.6 Å². The predicted octanol–water partition coefficient (Wildman–Crippen LogP) is 15.7. The molecule has 0 bridgehead atoms. The molecule has 0 N–H and O–H groups in total. The Labute approximate surface area is 379 Å². The minimum absolute atomic E-state index is 0.00132. The average Bonchev–Trinajstić information content (AvgIpc) is 3.95. The third kappa shape index (κ3) is 6.56. The number of fused-ring (bicyclic) bond motifs is 12. The van der Waals surface area contributed by atoms with Gasteiger partial charge in [0.25, 0.3) is 0 Å². The van der Waals surface area contributed by atoms with Gasteiger partial charge in [-0.25, -0.2) is 0 Å². The molecule has 7 heteroatoms. The van der Waals surface area contributed by atoms with E-state index in [4.69, 9.17) is 1.37 Å². The monoisotopic (exact) mass is 889 g/mol. The van der Waals surface area contributed by atoms with E-state index >= 15 is 0 Å². The molecule has 0 aliphatic heterocycles. The second-order valence-corrected chi connectivity index (χ2v) is 18.0. The Bertz CT molecular complexity index is 3340. The molecule has 0 fully saturated rings. The summed E-state index contributed by atoms with van der Waals surface area (Å²) in [6, 6.07) is 64.1. The van der Waals surface area contributed by atoms with Crippen LogP contribution in [0.15, 0.2) is 185 Å². The summed E-state index contributed by atoms with van der Waals surface area (Å²) in [4.78, 5) is 0. The van der Waals surface area contributed by atoms with Crippen molar-refractivity contribution in [2.24, 2.45) is 4.30 Å². The molecule has 1 radical (unpaired) electrons. The van der Waals surface area contributed by atoms with Crippen LogP contribution in [-0.4, -0.2) is 23.9 Å². The molecule has 62 heavy (non-hydrogen) atoms. The van der Waals surface area contributed by atoms with Crippen molar-refractivity contribution in [3.8, 4) is 33.6 Å². The molecule has 2 aromatic heterocycles. The molecule has 12 rings (SSSR count). The zero-order valence-electron chi connectivity index (χ0n) is 36.1. The number of hydrogen-bond donors (Lipinski definition) is 1. The molecule has 2 heterocycles. The molecule has 0 atom stereocenters. The second-order valence-electron chi connectivity index (χ2n) is 16.8. The van der Waals surface area contributed by atoms with Gasteiger partial charge >= 0.3 is 24.8 Å². The Hall–Kier alpha value is -6.02. The van der Waals surface area contributed by atoms with Gasteiger partial charge in [-0.1, -0.05) is 147 Å². The topological polar surface area (TPSA) is 22.2 Å². The fraction of sp³-hybridized carbons (Fsp3) is 0.127. The Morgan fingerprint density at radius 1 is 0.484 bits per heavy atom. The first-order valence-electron chi connectivity index (χ1n) is 21.3. The first kappa shape index (κ1) is 40.1. The first-order valence-corrected chi connectivity index (χ1v) is 21.8. The number of alkyl halides is 1. The van der Waals surface area contributed by atoms with Crippen molar-refractivity contribution in [1.82, 2.24) is 9.13 Å². The third-order valence-electron chi connectivity index (χ3n) is 12.8. The summed E-state index contributed by atoms with van der Waals surface area (Å²) in [5.41, 5.74) is 18.6. The SMILES string of the molecule is CC1(C)c2ccccc2-c2cc3c4cc(Br)ccc4n(-c4ccccc4)c3cc21.CC1(C)c2ccccc2-c2cc3c4ccccc4n(-c4ccccc4)c3cc21.[2H]CF.[B]=NS. The van der Waals surface area contributed by atoms with Gasteiger partial charge < -0.3 is 9.13 Å². The average molecular weight is 891 g/mol. The van der Waals surface area contributed by atoms with Gasteiger partial charge in [0, 0.05) is 48.2 Å². The van der Waals surface area contributed by atoms with Gasteiger partial charge in [0.2, 0.25) is 0 Å². The van der Waals surface area contributed by atoms with Crippen LogP contribution in [0.25, 0.3) is 77.2 Å². The Morgan fingerprint density at radius 2 is 0.871 bits per heavy atom. The first-order chi connectivity index (χ1) is 30.5. The minimum atomic E-state index is -1.00. The number of para-hydroxylation sites is 3. The molecule has 2 aliphatic carbocycles. The van der Waals surface area contributed by atoms with Crippen LogP contribution in [0, 0.1) is 0 Å². The van der Waals surface area contributed by atoms with Gasteiger partial charge in [0.15, 0.2) is 0 Å². The van der Waals surface area contributed by atoms with Crippen LogP contribution < -0.4 is 0 Å². The molecular weight excluding hydrogens is 844 g/mol. The van der Waals surface area contributed by atoms with E-state index in [9.17, 15) is 4.39 Å². The van der Waals surface area contributed by atoms with E-state index < -0.39 is 7.15 Å². The van der Waals surface area contributed by atoms with Crippen molar-refractivity contribution in [3.05, 3.63) is 203 Å². The van der Waals surface area contributed by atoms with E-state index in [0.29, 0.717) is 0 Å². The zero-order valence-corrected chi connectivity index (χ0v) is 37.6. The van der Waals surface area contributed by atoms with Crippen molar-refractivity contribution >= 4 is 80.0 Å².